The monoisotopic (exact) mass is 407 g/mol. The highest BCUT2D eigenvalue weighted by Gasteiger charge is 2.19. The summed E-state index contributed by atoms with van der Waals surface area (Å²) >= 11 is 1.64. The zero-order chi connectivity index (χ0) is 20.0. The van der Waals surface area contributed by atoms with Crippen LogP contribution in [0.5, 0.6) is 0 Å². The second-order valence-corrected chi connectivity index (χ2v) is 8.65. The summed E-state index contributed by atoms with van der Waals surface area (Å²) in [7, 11) is 1.93. The third-order valence-electron chi connectivity index (χ3n) is 5.33. The van der Waals surface area contributed by atoms with Gasteiger partial charge in [-0.1, -0.05) is 12.1 Å². The summed E-state index contributed by atoms with van der Waals surface area (Å²) in [6.07, 6.45) is 4.31. The first-order valence-corrected chi connectivity index (χ1v) is 10.6. The van der Waals surface area contributed by atoms with Crippen LogP contribution in [0.4, 0.5) is 0 Å². The van der Waals surface area contributed by atoms with E-state index in [0.29, 0.717) is 29.8 Å². The van der Waals surface area contributed by atoms with Gasteiger partial charge in [-0.15, -0.1) is 11.3 Å². The Morgan fingerprint density at radius 2 is 1.97 bits per heavy atom. The fraction of sp³-hybridized carbons (Fsp3) is 0.333. The van der Waals surface area contributed by atoms with Crippen LogP contribution in [-0.2, 0) is 25.9 Å². The Hall–Kier alpha value is -2.84. The van der Waals surface area contributed by atoms with Crippen LogP contribution >= 0.6 is 11.3 Å². The van der Waals surface area contributed by atoms with Crippen LogP contribution in [0.1, 0.15) is 34.9 Å². The number of aromatic amines is 1. The molecule has 8 heteroatoms. The van der Waals surface area contributed by atoms with E-state index in [1.54, 1.807) is 27.9 Å². The number of rotatable bonds is 4. The molecule has 0 fully saturated rings. The molecule has 4 aromatic rings. The lowest BCUT2D eigenvalue weighted by Crippen LogP contribution is -2.24. The molecule has 1 aliphatic rings. The summed E-state index contributed by atoms with van der Waals surface area (Å²) in [6, 6.07) is 8.93. The van der Waals surface area contributed by atoms with Crippen molar-refractivity contribution in [3.05, 3.63) is 73.1 Å². The lowest BCUT2D eigenvalue weighted by Gasteiger charge is -2.15. The molecule has 29 heavy (non-hydrogen) atoms. The maximum Gasteiger partial charge on any atom is 0.259 e. The van der Waals surface area contributed by atoms with Crippen molar-refractivity contribution in [2.45, 2.75) is 38.8 Å². The Morgan fingerprint density at radius 3 is 2.86 bits per heavy atom. The minimum Gasteiger partial charge on any atom is -0.309 e. The van der Waals surface area contributed by atoms with Gasteiger partial charge in [0.15, 0.2) is 4.96 Å². The van der Waals surface area contributed by atoms with Crippen LogP contribution in [0.25, 0.3) is 15.9 Å². The highest BCUT2D eigenvalue weighted by Crippen LogP contribution is 2.28. The average Bonchev–Trinajstić information content (AvgIpc) is 3.06. The number of aryl methyl sites for hydroxylation is 2. The fourth-order valence-electron chi connectivity index (χ4n) is 4.02. The highest BCUT2D eigenvalue weighted by molar-refractivity contribution is 7.17. The van der Waals surface area contributed by atoms with Crippen LogP contribution < -0.4 is 11.1 Å². The summed E-state index contributed by atoms with van der Waals surface area (Å²) in [4.78, 5) is 41.2. The lowest BCUT2D eigenvalue weighted by molar-refractivity contribution is 0.307. The zero-order valence-corrected chi connectivity index (χ0v) is 17.0. The number of nitrogens with zero attached hydrogens (tertiary/aromatic N) is 4. The molecule has 0 unspecified atom stereocenters. The maximum atomic E-state index is 12.7. The molecule has 7 nitrogen and oxygen atoms in total. The Bertz CT molecular complexity index is 1340. The number of thiazole rings is 1. The molecule has 0 aliphatic heterocycles. The molecule has 0 radical (unpaired) electrons. The molecule has 3 heterocycles. The molecule has 1 aromatic carbocycles. The van der Waals surface area contributed by atoms with Gasteiger partial charge in [-0.25, -0.2) is 9.97 Å². The molecule has 3 aromatic heterocycles. The zero-order valence-electron chi connectivity index (χ0n) is 16.1. The van der Waals surface area contributed by atoms with E-state index in [1.807, 2.05) is 30.1 Å². The Morgan fingerprint density at radius 1 is 1.14 bits per heavy atom. The highest BCUT2D eigenvalue weighted by atomic mass is 32.1. The average molecular weight is 407 g/mol. The van der Waals surface area contributed by atoms with Gasteiger partial charge in [0.05, 0.1) is 23.1 Å². The van der Waals surface area contributed by atoms with Gasteiger partial charge >= 0.3 is 0 Å². The topological polar surface area (TPSA) is 83.4 Å². The van der Waals surface area contributed by atoms with Crippen molar-refractivity contribution in [3.63, 3.8) is 0 Å². The summed E-state index contributed by atoms with van der Waals surface area (Å²) in [5, 5.41) is 0.584. The third-order valence-corrected chi connectivity index (χ3v) is 6.47. The lowest BCUT2D eigenvalue weighted by atomic mass is 10.0. The molecular formula is C21H21N5O2S. The number of aromatic nitrogens is 4. The van der Waals surface area contributed by atoms with E-state index in [4.69, 9.17) is 4.98 Å². The quantitative estimate of drug-likeness (QED) is 0.562. The normalized spacial score (nSPS) is 14.0. The van der Waals surface area contributed by atoms with Crippen LogP contribution in [0, 0.1) is 0 Å². The number of nitrogens with one attached hydrogen (secondary N) is 1. The van der Waals surface area contributed by atoms with E-state index in [-0.39, 0.29) is 11.1 Å². The summed E-state index contributed by atoms with van der Waals surface area (Å²) in [5.41, 5.74) is 2.42. The van der Waals surface area contributed by atoms with Gasteiger partial charge in [0.2, 0.25) is 0 Å². The molecule has 0 atom stereocenters. The SMILES string of the molecule is CN(Cc1cc(=O)n2c3c(sc2n1)CCCC3)Cc1nc2ccccc2c(=O)[nH]1. The fourth-order valence-corrected chi connectivity index (χ4v) is 5.25. The Kier molecular flexibility index (Phi) is 4.52. The van der Waals surface area contributed by atoms with Gasteiger partial charge < -0.3 is 4.98 Å². The molecule has 148 valence electrons. The van der Waals surface area contributed by atoms with Gasteiger partial charge in [-0.05, 0) is 44.9 Å². The van der Waals surface area contributed by atoms with E-state index >= 15 is 0 Å². The number of hydrogen-bond acceptors (Lipinski definition) is 6. The van der Waals surface area contributed by atoms with Crippen LogP contribution in [0.15, 0.2) is 39.9 Å². The predicted molar refractivity (Wildman–Crippen MR) is 114 cm³/mol. The van der Waals surface area contributed by atoms with Gasteiger partial charge in [-0.3, -0.25) is 18.9 Å². The first-order valence-electron chi connectivity index (χ1n) is 9.78. The van der Waals surface area contributed by atoms with Crippen molar-refractivity contribution in [2.24, 2.45) is 0 Å². The molecule has 1 N–H and O–H groups in total. The van der Waals surface area contributed by atoms with Crippen LogP contribution in [0.2, 0.25) is 0 Å². The molecular weight excluding hydrogens is 386 g/mol. The van der Waals surface area contributed by atoms with Gasteiger partial charge in [-0.2, -0.15) is 0 Å². The summed E-state index contributed by atoms with van der Waals surface area (Å²) in [5.74, 6) is 0.598. The third kappa shape index (κ3) is 3.38. The number of H-pyrrole nitrogens is 1. The first-order chi connectivity index (χ1) is 14.1. The van der Waals surface area contributed by atoms with Gasteiger partial charge in [0, 0.05) is 23.2 Å². The number of hydrogen-bond donors (Lipinski definition) is 1. The molecule has 0 bridgehead atoms. The number of benzene rings is 1. The van der Waals surface area contributed by atoms with Crippen molar-refractivity contribution < 1.29 is 0 Å². The molecule has 1 aliphatic carbocycles. The number of fused-ring (bicyclic) bond motifs is 4. The van der Waals surface area contributed by atoms with Gasteiger partial charge in [0.1, 0.15) is 5.82 Å². The molecule has 0 saturated carbocycles. The van der Waals surface area contributed by atoms with Crippen molar-refractivity contribution in [1.82, 2.24) is 24.3 Å². The molecule has 0 amide bonds. The van der Waals surface area contributed by atoms with Crippen LogP contribution in [0.3, 0.4) is 0 Å². The Labute approximate surface area is 170 Å². The standard InChI is InChI=1S/C21H21N5O2S/c1-25(12-18-23-15-7-3-2-6-14(15)20(28)24-18)11-13-10-19(27)26-16-8-4-5-9-17(16)29-21(26)22-13/h2-3,6-7,10H,4-5,8-9,11-12H2,1H3,(H,23,24,28). The first kappa shape index (κ1) is 18.2. The Balaban J connectivity index is 1.41. The van der Waals surface area contributed by atoms with E-state index in [0.717, 1.165) is 35.6 Å². The second-order valence-electron chi connectivity index (χ2n) is 7.58. The largest absolute Gasteiger partial charge is 0.309 e. The minimum atomic E-state index is -0.138. The van der Waals surface area contributed by atoms with E-state index in [2.05, 4.69) is 9.97 Å². The smallest absolute Gasteiger partial charge is 0.259 e. The molecule has 5 rings (SSSR count). The second kappa shape index (κ2) is 7.20. The summed E-state index contributed by atoms with van der Waals surface area (Å²) < 4.78 is 1.78. The van der Waals surface area contributed by atoms with Crippen molar-refractivity contribution >= 4 is 27.2 Å². The molecule has 0 spiro atoms. The van der Waals surface area contributed by atoms with E-state index in [1.165, 1.54) is 11.3 Å². The van der Waals surface area contributed by atoms with Crippen molar-refractivity contribution in [2.75, 3.05) is 7.05 Å². The van der Waals surface area contributed by atoms with Crippen molar-refractivity contribution in [3.8, 4) is 0 Å². The van der Waals surface area contributed by atoms with Gasteiger partial charge in [0.25, 0.3) is 11.1 Å². The van der Waals surface area contributed by atoms with E-state index < -0.39 is 0 Å². The predicted octanol–water partition coefficient (Wildman–Crippen LogP) is 2.50. The number of para-hydroxylation sites is 1. The van der Waals surface area contributed by atoms with Crippen molar-refractivity contribution in [1.29, 1.82) is 0 Å². The van der Waals surface area contributed by atoms with E-state index in [9.17, 15) is 9.59 Å². The summed E-state index contributed by atoms with van der Waals surface area (Å²) in [6.45, 7) is 0.965. The minimum absolute atomic E-state index is 0.00460. The van der Waals surface area contributed by atoms with Crippen LogP contribution in [-0.4, -0.2) is 31.3 Å². The maximum absolute atomic E-state index is 12.7. The molecule has 0 saturated heterocycles.